The van der Waals surface area contributed by atoms with Crippen LogP contribution in [0.2, 0.25) is 0 Å². The van der Waals surface area contributed by atoms with Crippen LogP contribution in [0.1, 0.15) is 50.5 Å². The Morgan fingerprint density at radius 3 is 2.84 bits per heavy atom. The Balaban J connectivity index is 1.30. The van der Waals surface area contributed by atoms with Crippen LogP contribution >= 0.6 is 0 Å². The summed E-state index contributed by atoms with van der Waals surface area (Å²) in [7, 11) is 0. The van der Waals surface area contributed by atoms with E-state index in [2.05, 4.69) is 23.2 Å². The summed E-state index contributed by atoms with van der Waals surface area (Å²) in [5, 5.41) is 3.08. The number of rotatable bonds is 5. The monoisotopic (exact) mass is 346 g/mol. The van der Waals surface area contributed by atoms with Gasteiger partial charge in [0.1, 0.15) is 17.6 Å². The Morgan fingerprint density at radius 1 is 1.32 bits per heavy atom. The maximum absolute atomic E-state index is 12.4. The van der Waals surface area contributed by atoms with Gasteiger partial charge in [-0.1, -0.05) is 6.92 Å². The molecule has 5 nitrogen and oxygen atoms in total. The van der Waals surface area contributed by atoms with Crippen molar-refractivity contribution in [1.29, 1.82) is 0 Å². The van der Waals surface area contributed by atoms with E-state index in [1.54, 1.807) is 0 Å². The number of nitrogens with one attached hydrogen (secondary N) is 1. The molecule has 138 valence electrons. The number of hydrogen-bond acceptors (Lipinski definition) is 4. The second kappa shape index (κ2) is 6.76. The molecule has 1 amide bonds. The average molecular weight is 346 g/mol. The number of likely N-dealkylation sites (tertiary alicyclic amines) is 1. The van der Waals surface area contributed by atoms with E-state index < -0.39 is 0 Å². The first kappa shape index (κ1) is 17.1. The number of hydrogen-bond donors (Lipinski definition) is 1. The highest BCUT2D eigenvalue weighted by atomic mass is 16.5. The molecule has 2 aliphatic heterocycles. The Morgan fingerprint density at radius 2 is 2.16 bits per heavy atom. The smallest absolute Gasteiger partial charge is 0.249 e. The maximum Gasteiger partial charge on any atom is 0.249 e. The van der Waals surface area contributed by atoms with E-state index in [-0.39, 0.29) is 17.6 Å². The van der Waals surface area contributed by atoms with E-state index in [1.807, 2.05) is 13.0 Å². The minimum Gasteiger partial charge on any atom is -0.465 e. The first-order chi connectivity index (χ1) is 12.0. The van der Waals surface area contributed by atoms with Crippen molar-refractivity contribution in [1.82, 2.24) is 10.2 Å². The van der Waals surface area contributed by atoms with Gasteiger partial charge in [-0.05, 0) is 63.0 Å². The van der Waals surface area contributed by atoms with Crippen LogP contribution in [0.15, 0.2) is 16.5 Å². The molecule has 3 heterocycles. The SMILES string of the molecule is Cc1ccc(CN2CC[C@@]3(CCC(C(=O)NCC4CC4)O3)[C@H](C)C2)o1. The fraction of sp³-hybridized carbons (Fsp3) is 0.750. The summed E-state index contributed by atoms with van der Waals surface area (Å²) in [5.41, 5.74) is -0.114. The molecule has 1 aromatic heterocycles. The van der Waals surface area contributed by atoms with Crippen LogP contribution in [0.3, 0.4) is 0 Å². The number of amides is 1. The summed E-state index contributed by atoms with van der Waals surface area (Å²) in [6.07, 6.45) is 5.14. The molecule has 1 aromatic rings. The van der Waals surface area contributed by atoms with E-state index >= 15 is 0 Å². The van der Waals surface area contributed by atoms with Crippen molar-refractivity contribution in [3.63, 3.8) is 0 Å². The number of piperidine rings is 1. The molecule has 1 N–H and O–H groups in total. The largest absolute Gasteiger partial charge is 0.465 e. The summed E-state index contributed by atoms with van der Waals surface area (Å²) in [6, 6.07) is 4.09. The molecule has 3 atom stereocenters. The molecule has 1 spiro atoms. The van der Waals surface area contributed by atoms with E-state index in [1.165, 1.54) is 12.8 Å². The lowest BCUT2D eigenvalue weighted by atomic mass is 9.80. The lowest BCUT2D eigenvalue weighted by Crippen LogP contribution is -2.51. The summed E-state index contributed by atoms with van der Waals surface area (Å²) < 4.78 is 12.1. The number of carbonyl (C=O) groups excluding carboxylic acids is 1. The van der Waals surface area contributed by atoms with Crippen LogP contribution in [-0.2, 0) is 16.1 Å². The standard InChI is InChI=1S/C20H30N2O3/c1-14-12-22(13-17-6-3-15(2)24-17)10-9-20(14)8-7-18(25-20)19(23)21-11-16-4-5-16/h3,6,14,16,18H,4-5,7-13H2,1-2H3,(H,21,23)/t14-,18?,20+/m1/s1. The molecule has 0 aromatic carbocycles. The molecule has 25 heavy (non-hydrogen) atoms. The van der Waals surface area contributed by atoms with Gasteiger partial charge in [0.25, 0.3) is 0 Å². The molecule has 1 aliphatic carbocycles. The normalized spacial score (nSPS) is 33.0. The van der Waals surface area contributed by atoms with Gasteiger partial charge >= 0.3 is 0 Å². The van der Waals surface area contributed by atoms with Crippen molar-refractivity contribution in [3.8, 4) is 0 Å². The molecule has 2 saturated heterocycles. The Bertz CT molecular complexity index is 624. The predicted molar refractivity (Wildman–Crippen MR) is 95.1 cm³/mol. The Hall–Kier alpha value is -1.33. The third-order valence-electron chi connectivity index (χ3n) is 6.22. The van der Waals surface area contributed by atoms with Crippen LogP contribution in [0.5, 0.6) is 0 Å². The van der Waals surface area contributed by atoms with Gasteiger partial charge in [-0.25, -0.2) is 0 Å². The number of ether oxygens (including phenoxy) is 1. The predicted octanol–water partition coefficient (Wildman–Crippen LogP) is 2.87. The molecular formula is C20H30N2O3. The van der Waals surface area contributed by atoms with Gasteiger partial charge in [0.05, 0.1) is 12.1 Å². The molecule has 5 heteroatoms. The van der Waals surface area contributed by atoms with Crippen molar-refractivity contribution < 1.29 is 13.9 Å². The Kier molecular flexibility index (Phi) is 4.63. The molecule has 3 fully saturated rings. The number of carbonyl (C=O) groups is 1. The minimum absolute atomic E-state index is 0.101. The first-order valence-corrected chi connectivity index (χ1v) is 9.77. The molecular weight excluding hydrogens is 316 g/mol. The number of furan rings is 1. The Labute approximate surface area is 150 Å². The number of nitrogens with zero attached hydrogens (tertiary/aromatic N) is 1. The van der Waals surface area contributed by atoms with Crippen molar-refractivity contribution in [2.45, 2.75) is 64.2 Å². The van der Waals surface area contributed by atoms with Crippen LogP contribution in [0, 0.1) is 18.8 Å². The lowest BCUT2D eigenvalue weighted by Gasteiger charge is -2.44. The fourth-order valence-electron chi connectivity index (χ4n) is 4.36. The zero-order chi connectivity index (χ0) is 17.4. The van der Waals surface area contributed by atoms with Crippen LogP contribution in [0.4, 0.5) is 0 Å². The molecule has 1 unspecified atom stereocenters. The molecule has 0 radical (unpaired) electrons. The number of aryl methyl sites for hydroxylation is 1. The highest BCUT2D eigenvalue weighted by Crippen LogP contribution is 2.42. The van der Waals surface area contributed by atoms with Gasteiger partial charge in [0.2, 0.25) is 5.91 Å². The van der Waals surface area contributed by atoms with Crippen molar-refractivity contribution in [2.75, 3.05) is 19.6 Å². The molecule has 1 saturated carbocycles. The average Bonchev–Trinajstić information content (AvgIpc) is 3.18. The summed E-state index contributed by atoms with van der Waals surface area (Å²) in [4.78, 5) is 14.8. The highest BCUT2D eigenvalue weighted by molar-refractivity contribution is 5.81. The van der Waals surface area contributed by atoms with Crippen molar-refractivity contribution in [3.05, 3.63) is 23.7 Å². The van der Waals surface area contributed by atoms with Gasteiger partial charge in [0.15, 0.2) is 0 Å². The zero-order valence-electron chi connectivity index (χ0n) is 15.4. The topological polar surface area (TPSA) is 54.7 Å². The van der Waals surface area contributed by atoms with Crippen LogP contribution < -0.4 is 5.32 Å². The summed E-state index contributed by atoms with van der Waals surface area (Å²) in [6.45, 7) is 7.94. The minimum atomic E-state index is -0.250. The summed E-state index contributed by atoms with van der Waals surface area (Å²) >= 11 is 0. The van der Waals surface area contributed by atoms with Gasteiger partial charge in [-0.3, -0.25) is 9.69 Å². The van der Waals surface area contributed by atoms with E-state index in [4.69, 9.17) is 9.15 Å². The van der Waals surface area contributed by atoms with Gasteiger partial charge in [-0.15, -0.1) is 0 Å². The highest BCUT2D eigenvalue weighted by Gasteiger charge is 2.48. The maximum atomic E-state index is 12.4. The van der Waals surface area contributed by atoms with E-state index in [0.717, 1.165) is 57.0 Å². The van der Waals surface area contributed by atoms with Gasteiger partial charge < -0.3 is 14.5 Å². The van der Waals surface area contributed by atoms with E-state index in [9.17, 15) is 4.79 Å². The fourth-order valence-corrected chi connectivity index (χ4v) is 4.36. The van der Waals surface area contributed by atoms with Crippen molar-refractivity contribution >= 4 is 5.91 Å². The quantitative estimate of drug-likeness (QED) is 0.891. The van der Waals surface area contributed by atoms with Gasteiger partial charge in [-0.2, -0.15) is 0 Å². The first-order valence-electron chi connectivity index (χ1n) is 9.77. The molecule has 3 aliphatic rings. The molecule has 4 rings (SSSR count). The van der Waals surface area contributed by atoms with Crippen molar-refractivity contribution in [2.24, 2.45) is 11.8 Å². The lowest BCUT2D eigenvalue weighted by molar-refractivity contribution is -0.147. The second-order valence-corrected chi connectivity index (χ2v) is 8.30. The zero-order valence-corrected chi connectivity index (χ0v) is 15.4. The third-order valence-corrected chi connectivity index (χ3v) is 6.22. The third kappa shape index (κ3) is 3.77. The second-order valence-electron chi connectivity index (χ2n) is 8.30. The summed E-state index contributed by atoms with van der Waals surface area (Å²) in [5.74, 6) is 3.25. The van der Waals surface area contributed by atoms with Gasteiger partial charge in [0, 0.05) is 19.6 Å². The van der Waals surface area contributed by atoms with Crippen LogP contribution in [0.25, 0.3) is 0 Å². The van der Waals surface area contributed by atoms with Crippen LogP contribution in [-0.4, -0.2) is 42.1 Å². The molecule has 0 bridgehead atoms. The van der Waals surface area contributed by atoms with E-state index in [0.29, 0.717) is 11.8 Å².